The van der Waals surface area contributed by atoms with Crippen molar-refractivity contribution in [1.82, 2.24) is 5.32 Å². The second-order valence-corrected chi connectivity index (χ2v) is 6.62. The first kappa shape index (κ1) is 16.0. The Morgan fingerprint density at radius 3 is 2.44 bits per heavy atom. The molecule has 18 heavy (non-hydrogen) atoms. The molecule has 108 valence electrons. The van der Waals surface area contributed by atoms with Gasteiger partial charge in [-0.1, -0.05) is 59.8 Å². The third-order valence-electron chi connectivity index (χ3n) is 4.89. The van der Waals surface area contributed by atoms with Crippen molar-refractivity contribution in [3.05, 3.63) is 0 Å². The van der Waals surface area contributed by atoms with Gasteiger partial charge in [0.2, 0.25) is 0 Å². The SMILES string of the molecule is CCCCC(CC)CNC1CCCCC1C(C)C. The lowest BCUT2D eigenvalue weighted by molar-refractivity contribution is 0.197. The molecule has 0 aliphatic heterocycles. The van der Waals surface area contributed by atoms with Crippen LogP contribution in [0.4, 0.5) is 0 Å². The van der Waals surface area contributed by atoms with Crippen LogP contribution in [0.3, 0.4) is 0 Å². The lowest BCUT2D eigenvalue weighted by Crippen LogP contribution is -2.42. The summed E-state index contributed by atoms with van der Waals surface area (Å²) in [4.78, 5) is 0. The lowest BCUT2D eigenvalue weighted by Gasteiger charge is -2.36. The van der Waals surface area contributed by atoms with Gasteiger partial charge in [0.05, 0.1) is 0 Å². The zero-order valence-electron chi connectivity index (χ0n) is 13.2. The zero-order valence-corrected chi connectivity index (χ0v) is 13.2. The van der Waals surface area contributed by atoms with Crippen LogP contribution in [-0.4, -0.2) is 12.6 Å². The van der Waals surface area contributed by atoms with Gasteiger partial charge in [-0.2, -0.15) is 0 Å². The van der Waals surface area contributed by atoms with Gasteiger partial charge in [0.15, 0.2) is 0 Å². The molecule has 0 amide bonds. The topological polar surface area (TPSA) is 12.0 Å². The zero-order chi connectivity index (χ0) is 13.4. The Hall–Kier alpha value is -0.0400. The van der Waals surface area contributed by atoms with Gasteiger partial charge in [-0.15, -0.1) is 0 Å². The van der Waals surface area contributed by atoms with E-state index < -0.39 is 0 Å². The van der Waals surface area contributed by atoms with Crippen LogP contribution >= 0.6 is 0 Å². The van der Waals surface area contributed by atoms with Crippen LogP contribution in [0.15, 0.2) is 0 Å². The van der Waals surface area contributed by atoms with E-state index in [0.29, 0.717) is 0 Å². The highest BCUT2D eigenvalue weighted by atomic mass is 14.9. The molecule has 0 radical (unpaired) electrons. The summed E-state index contributed by atoms with van der Waals surface area (Å²) >= 11 is 0. The molecule has 1 aliphatic rings. The van der Waals surface area contributed by atoms with E-state index in [1.165, 1.54) is 57.9 Å². The van der Waals surface area contributed by atoms with Gasteiger partial charge in [-0.25, -0.2) is 0 Å². The Balaban J connectivity index is 2.34. The Morgan fingerprint density at radius 2 is 1.83 bits per heavy atom. The molecule has 3 unspecified atom stereocenters. The fourth-order valence-electron chi connectivity index (χ4n) is 3.47. The summed E-state index contributed by atoms with van der Waals surface area (Å²) in [6, 6.07) is 0.800. The van der Waals surface area contributed by atoms with Crippen molar-refractivity contribution in [3.8, 4) is 0 Å². The minimum atomic E-state index is 0.800. The summed E-state index contributed by atoms with van der Waals surface area (Å²) in [7, 11) is 0. The van der Waals surface area contributed by atoms with Crippen LogP contribution in [-0.2, 0) is 0 Å². The molecular formula is C17H35N. The highest BCUT2D eigenvalue weighted by Crippen LogP contribution is 2.30. The van der Waals surface area contributed by atoms with Crippen LogP contribution in [0.5, 0.6) is 0 Å². The van der Waals surface area contributed by atoms with Crippen LogP contribution in [0.25, 0.3) is 0 Å². The first-order valence-corrected chi connectivity index (χ1v) is 8.42. The second kappa shape index (κ2) is 8.96. The summed E-state index contributed by atoms with van der Waals surface area (Å²) in [6.45, 7) is 10.7. The predicted octanol–water partition coefficient (Wildman–Crippen LogP) is 5.01. The van der Waals surface area contributed by atoms with E-state index in [1.54, 1.807) is 0 Å². The van der Waals surface area contributed by atoms with E-state index in [0.717, 1.165) is 23.8 Å². The van der Waals surface area contributed by atoms with E-state index in [2.05, 4.69) is 33.0 Å². The average Bonchev–Trinajstić information content (AvgIpc) is 2.39. The third kappa shape index (κ3) is 5.30. The molecule has 1 N–H and O–H groups in total. The molecule has 3 atom stereocenters. The van der Waals surface area contributed by atoms with Gasteiger partial charge in [-0.3, -0.25) is 0 Å². The quantitative estimate of drug-likeness (QED) is 0.641. The highest BCUT2D eigenvalue weighted by molar-refractivity contribution is 4.83. The van der Waals surface area contributed by atoms with E-state index in [4.69, 9.17) is 0 Å². The maximum Gasteiger partial charge on any atom is 0.00978 e. The molecular weight excluding hydrogens is 218 g/mol. The van der Waals surface area contributed by atoms with Gasteiger partial charge in [0, 0.05) is 6.04 Å². The lowest BCUT2D eigenvalue weighted by atomic mass is 9.77. The molecule has 0 spiro atoms. The Morgan fingerprint density at radius 1 is 1.11 bits per heavy atom. The van der Waals surface area contributed by atoms with E-state index in [-0.39, 0.29) is 0 Å². The van der Waals surface area contributed by atoms with Crippen LogP contribution in [0, 0.1) is 17.8 Å². The van der Waals surface area contributed by atoms with Gasteiger partial charge < -0.3 is 5.32 Å². The van der Waals surface area contributed by atoms with Crippen molar-refractivity contribution >= 4 is 0 Å². The Bertz CT molecular complexity index is 200. The number of rotatable bonds is 8. The highest BCUT2D eigenvalue weighted by Gasteiger charge is 2.27. The maximum absolute atomic E-state index is 3.91. The number of hydrogen-bond acceptors (Lipinski definition) is 1. The molecule has 0 heterocycles. The first-order valence-electron chi connectivity index (χ1n) is 8.42. The normalized spacial score (nSPS) is 26.5. The van der Waals surface area contributed by atoms with Crippen LogP contribution in [0.2, 0.25) is 0 Å². The summed E-state index contributed by atoms with van der Waals surface area (Å²) in [5, 5.41) is 3.91. The van der Waals surface area contributed by atoms with Crippen molar-refractivity contribution in [2.75, 3.05) is 6.54 Å². The fraction of sp³-hybridized carbons (Fsp3) is 1.00. The van der Waals surface area contributed by atoms with Crippen molar-refractivity contribution in [2.45, 2.75) is 85.1 Å². The largest absolute Gasteiger partial charge is 0.313 e. The minimum absolute atomic E-state index is 0.800. The standard InChI is InChI=1S/C17H35N/c1-5-7-10-15(6-2)13-18-17-12-9-8-11-16(17)14(3)4/h14-18H,5-13H2,1-4H3. The maximum atomic E-state index is 3.91. The molecule has 1 rings (SSSR count). The minimum Gasteiger partial charge on any atom is -0.313 e. The summed E-state index contributed by atoms with van der Waals surface area (Å²) in [5.74, 6) is 2.67. The molecule has 1 saturated carbocycles. The number of unbranched alkanes of at least 4 members (excludes halogenated alkanes) is 1. The van der Waals surface area contributed by atoms with Crippen molar-refractivity contribution < 1.29 is 0 Å². The Kier molecular flexibility index (Phi) is 7.97. The molecule has 0 saturated heterocycles. The van der Waals surface area contributed by atoms with E-state index >= 15 is 0 Å². The van der Waals surface area contributed by atoms with Crippen molar-refractivity contribution in [2.24, 2.45) is 17.8 Å². The molecule has 0 bridgehead atoms. The molecule has 0 aromatic carbocycles. The fourth-order valence-corrected chi connectivity index (χ4v) is 3.47. The summed E-state index contributed by atoms with van der Waals surface area (Å²) in [6.07, 6.45) is 11.2. The van der Waals surface area contributed by atoms with E-state index in [1.807, 2.05) is 0 Å². The number of nitrogens with one attached hydrogen (secondary N) is 1. The summed E-state index contributed by atoms with van der Waals surface area (Å²) < 4.78 is 0. The monoisotopic (exact) mass is 253 g/mol. The average molecular weight is 253 g/mol. The molecule has 1 fully saturated rings. The summed E-state index contributed by atoms with van der Waals surface area (Å²) in [5.41, 5.74) is 0. The molecule has 0 aromatic rings. The van der Waals surface area contributed by atoms with Gasteiger partial charge in [0.1, 0.15) is 0 Å². The molecule has 0 aromatic heterocycles. The van der Waals surface area contributed by atoms with Crippen molar-refractivity contribution in [1.29, 1.82) is 0 Å². The molecule has 1 heteroatoms. The first-order chi connectivity index (χ1) is 8.69. The third-order valence-corrected chi connectivity index (χ3v) is 4.89. The Labute approximate surface area is 115 Å². The predicted molar refractivity (Wildman–Crippen MR) is 81.9 cm³/mol. The van der Waals surface area contributed by atoms with Gasteiger partial charge >= 0.3 is 0 Å². The molecule has 1 aliphatic carbocycles. The van der Waals surface area contributed by atoms with Gasteiger partial charge in [-0.05, 0) is 43.6 Å². The van der Waals surface area contributed by atoms with Crippen molar-refractivity contribution in [3.63, 3.8) is 0 Å². The number of hydrogen-bond donors (Lipinski definition) is 1. The van der Waals surface area contributed by atoms with E-state index in [9.17, 15) is 0 Å². The second-order valence-electron chi connectivity index (χ2n) is 6.62. The van der Waals surface area contributed by atoms with Gasteiger partial charge in [0.25, 0.3) is 0 Å². The smallest absolute Gasteiger partial charge is 0.00978 e. The molecule has 1 nitrogen and oxygen atoms in total. The van der Waals surface area contributed by atoms with Crippen LogP contribution < -0.4 is 5.32 Å². The van der Waals surface area contributed by atoms with Crippen LogP contribution in [0.1, 0.15) is 79.1 Å².